The highest BCUT2D eigenvalue weighted by atomic mass is 35.5. The van der Waals surface area contributed by atoms with Crippen molar-refractivity contribution < 1.29 is 45.4 Å². The van der Waals surface area contributed by atoms with Gasteiger partial charge in [-0.05, 0) is 210 Å². The Kier molecular flexibility index (Phi) is 18.8. The largest absolute Gasteiger partial charge is 0.490 e. The molecule has 0 saturated heterocycles. The second kappa shape index (κ2) is 26.5. The van der Waals surface area contributed by atoms with Gasteiger partial charge in [0.25, 0.3) is 11.8 Å². The lowest BCUT2D eigenvalue weighted by Crippen LogP contribution is -2.52. The van der Waals surface area contributed by atoms with Crippen molar-refractivity contribution in [2.24, 2.45) is 49.6 Å². The highest BCUT2D eigenvalue weighted by molar-refractivity contribution is 7.91. The minimum atomic E-state index is -3.97. The number of nitrogens with one attached hydrogen (secondary N) is 2. The Hall–Kier alpha value is -6.68. The van der Waals surface area contributed by atoms with E-state index in [0.717, 1.165) is 97.3 Å². The molecule has 2 aromatic heterocycles. The molecule has 0 radical (unpaired) electrons. The van der Waals surface area contributed by atoms with Gasteiger partial charge in [0.2, 0.25) is 20.0 Å². The third kappa shape index (κ3) is 12.4. The van der Waals surface area contributed by atoms with Gasteiger partial charge in [-0.25, -0.2) is 36.2 Å². The molecule has 8 aliphatic rings. The summed E-state index contributed by atoms with van der Waals surface area (Å²) in [6.45, 7) is 10.9. The Labute approximate surface area is 575 Å². The fraction of sp³-hybridized carbons (Fsp3) is 0.514. The van der Waals surface area contributed by atoms with Crippen LogP contribution in [0.4, 0.5) is 11.4 Å². The standard InChI is InChI=1S/2C37H45ClN4O5S/c2*1-24-7-5-16-37(46-4,35-39-17-18-41(35)3)31-12-9-28(31)21-42-22-36(15-6-8-26-19-29(38)11-13-30(26)36)23-47-33-14-10-27(20-32(33)42)34(43)40-48(44,45)25(24)2/h2*5,10-11,13-14,16-20,24-25,28,31H,6-9,12,15,21-23H2,1-4H3,(H,40,43)/b2*16-5+/t24-,25+,28-,31+,36-,37+;24-,25+,28-,31+,36-,37-/m00/s1. The van der Waals surface area contributed by atoms with E-state index in [4.69, 9.17) is 52.1 Å². The predicted molar refractivity (Wildman–Crippen MR) is 374 cm³/mol. The number of imidazole rings is 2. The molecule has 0 unspecified atom stereocenters. The number of halogens is 2. The zero-order valence-electron chi connectivity index (χ0n) is 56.2. The summed E-state index contributed by atoms with van der Waals surface area (Å²) in [5, 5.41) is -0.140. The first-order chi connectivity index (χ1) is 45.9. The smallest absolute Gasteiger partial charge is 0.264 e. The molecule has 14 rings (SSSR count). The maximum atomic E-state index is 13.6. The van der Waals surface area contributed by atoms with Crippen molar-refractivity contribution >= 4 is 66.4 Å². The van der Waals surface area contributed by atoms with Crippen LogP contribution < -0.4 is 28.7 Å². The van der Waals surface area contributed by atoms with Gasteiger partial charge in [-0.15, -0.1) is 0 Å². The van der Waals surface area contributed by atoms with E-state index in [0.29, 0.717) is 63.7 Å². The number of sulfonamides is 2. The molecule has 6 aromatic rings. The van der Waals surface area contributed by atoms with Gasteiger partial charge in [0.15, 0.2) is 0 Å². The van der Waals surface area contributed by atoms with E-state index in [1.165, 1.54) is 22.3 Å². The van der Waals surface area contributed by atoms with Crippen LogP contribution in [0.1, 0.15) is 147 Å². The molecule has 4 bridgehead atoms. The first-order valence-corrected chi connectivity index (χ1v) is 37.9. The summed E-state index contributed by atoms with van der Waals surface area (Å²) in [6.07, 6.45) is 26.6. The molecule has 4 aromatic carbocycles. The number of aromatic nitrogens is 4. The van der Waals surface area contributed by atoms with Crippen LogP contribution in [0.25, 0.3) is 0 Å². The summed E-state index contributed by atoms with van der Waals surface area (Å²) in [5.74, 6) is 2.00. The fourth-order valence-corrected chi connectivity index (χ4v) is 20.0. The zero-order chi connectivity index (χ0) is 67.7. The number of carbonyl (C=O) groups is 2. The number of ether oxygens (including phenoxy) is 4. The molecule has 22 heteroatoms. The third-order valence-electron chi connectivity index (χ3n) is 23.3. The molecule has 2 saturated carbocycles. The van der Waals surface area contributed by atoms with E-state index in [1.54, 1.807) is 64.7 Å². The molecule has 4 aliphatic heterocycles. The molecule has 6 heterocycles. The lowest BCUT2D eigenvalue weighted by molar-refractivity contribution is -0.0875. The first-order valence-electron chi connectivity index (χ1n) is 34.1. The van der Waals surface area contributed by atoms with Crippen molar-refractivity contribution in [2.45, 2.75) is 137 Å². The number of benzene rings is 4. The minimum Gasteiger partial charge on any atom is -0.490 e. The van der Waals surface area contributed by atoms with Crippen molar-refractivity contribution in [1.29, 1.82) is 0 Å². The van der Waals surface area contributed by atoms with Gasteiger partial charge >= 0.3 is 0 Å². The molecule has 2 N–H and O–H groups in total. The highest BCUT2D eigenvalue weighted by Gasteiger charge is 2.54. The molecular formula is C74H90Cl2N8O10S2. The Morgan fingerprint density at radius 1 is 0.573 bits per heavy atom. The summed E-state index contributed by atoms with van der Waals surface area (Å²) < 4.78 is 89.0. The monoisotopic (exact) mass is 1380 g/mol. The van der Waals surface area contributed by atoms with Crippen molar-refractivity contribution in [3.05, 3.63) is 177 Å². The number of aryl methyl sites for hydroxylation is 4. The lowest BCUT2D eigenvalue weighted by Gasteiger charge is -2.50. The van der Waals surface area contributed by atoms with Crippen molar-refractivity contribution in [2.75, 3.05) is 63.4 Å². The number of allylic oxidation sites excluding steroid dienone is 2. The van der Waals surface area contributed by atoms with Crippen LogP contribution in [0, 0.1) is 35.5 Å². The van der Waals surface area contributed by atoms with Gasteiger partial charge in [0, 0.05) is 123 Å². The quantitative estimate of drug-likeness (QED) is 0.158. The molecule has 12 atom stereocenters. The number of hydrogen-bond donors (Lipinski definition) is 2. The predicted octanol–water partition coefficient (Wildman–Crippen LogP) is 12.3. The van der Waals surface area contributed by atoms with Gasteiger partial charge < -0.3 is 37.9 Å². The Bertz CT molecular complexity index is 3990. The number of hydrogen-bond acceptors (Lipinski definition) is 14. The van der Waals surface area contributed by atoms with E-state index in [1.807, 2.05) is 85.9 Å². The van der Waals surface area contributed by atoms with Gasteiger partial charge in [0.1, 0.15) is 34.3 Å². The molecule has 2 fully saturated rings. The summed E-state index contributed by atoms with van der Waals surface area (Å²) >= 11 is 12.9. The van der Waals surface area contributed by atoms with E-state index < -0.39 is 53.6 Å². The topological polar surface area (TPSA) is 206 Å². The van der Waals surface area contributed by atoms with E-state index in [9.17, 15) is 26.4 Å². The van der Waals surface area contributed by atoms with Crippen molar-refractivity contribution in [3.63, 3.8) is 0 Å². The van der Waals surface area contributed by atoms with Crippen LogP contribution in [0.5, 0.6) is 11.5 Å². The number of nitrogens with zero attached hydrogens (tertiary/aromatic N) is 6. The van der Waals surface area contributed by atoms with E-state index in [-0.39, 0.29) is 57.5 Å². The Morgan fingerprint density at radius 2 is 0.990 bits per heavy atom. The molecule has 96 heavy (non-hydrogen) atoms. The molecule has 18 nitrogen and oxygen atoms in total. The van der Waals surface area contributed by atoms with Crippen LogP contribution in [0.2, 0.25) is 10.0 Å². The van der Waals surface area contributed by atoms with Crippen LogP contribution >= 0.6 is 23.2 Å². The van der Waals surface area contributed by atoms with E-state index in [2.05, 4.69) is 55.7 Å². The molecule has 4 aliphatic carbocycles. The van der Waals surface area contributed by atoms with Crippen molar-refractivity contribution in [1.82, 2.24) is 28.5 Å². The SMILES string of the molecule is CO[C@@]1(c2nccn2C)/C=C/C[C@H](C)[C@@H](C)S(=O)(=O)NC(=O)c2ccc3c(c2)N(C[C@@H]2CC[C@H]21)C[C@@]1(CCCc2cc(Cl)ccc21)CO3.CO[C@]1(c2nccn2C)/C=C/C[C@H](C)[C@@H](C)S(=O)(=O)NC(=O)c2ccc3c(c2)N(C[C@@H]2CC[C@H]21)C[C@@]1(CCCc2cc(Cl)ccc21)CO3. The first kappa shape index (κ1) is 67.9. The summed E-state index contributed by atoms with van der Waals surface area (Å²) in [5.41, 5.74) is 5.04. The van der Waals surface area contributed by atoms with Gasteiger partial charge in [-0.3, -0.25) is 9.59 Å². The van der Waals surface area contributed by atoms with Gasteiger partial charge in [-0.2, -0.15) is 0 Å². The molecule has 2 spiro atoms. The fourth-order valence-electron chi connectivity index (χ4n) is 17.1. The Morgan fingerprint density at radius 3 is 1.35 bits per heavy atom. The normalized spacial score (nSPS) is 32.2. The average molecular weight is 1390 g/mol. The lowest BCUT2D eigenvalue weighted by atomic mass is 9.63. The average Bonchev–Trinajstić information content (AvgIpc) is 1.36. The number of fused-ring (bicyclic) bond motifs is 8. The third-order valence-corrected chi connectivity index (χ3v) is 27.6. The maximum absolute atomic E-state index is 13.6. The molecule has 2 amide bonds. The van der Waals surface area contributed by atoms with Crippen LogP contribution in [-0.4, -0.2) is 112 Å². The minimum absolute atomic E-state index is 0.122. The van der Waals surface area contributed by atoms with Crippen LogP contribution in [0.15, 0.2) is 122 Å². The Balaban J connectivity index is 0.000000174. The summed E-state index contributed by atoms with van der Waals surface area (Å²) in [6, 6.07) is 23.0. The number of rotatable bonds is 4. The second-order valence-electron chi connectivity index (χ2n) is 28.8. The van der Waals surface area contributed by atoms with Crippen LogP contribution in [-0.2, 0) is 78.5 Å². The zero-order valence-corrected chi connectivity index (χ0v) is 59.4. The number of anilines is 2. The second-order valence-corrected chi connectivity index (χ2v) is 33.7. The number of methoxy groups -OCH3 is 2. The number of carbonyl (C=O) groups excluding carboxylic acids is 2. The van der Waals surface area contributed by atoms with Crippen LogP contribution in [0.3, 0.4) is 0 Å². The maximum Gasteiger partial charge on any atom is 0.264 e. The van der Waals surface area contributed by atoms with E-state index >= 15 is 0 Å². The molecular weight excluding hydrogens is 1300 g/mol. The summed E-state index contributed by atoms with van der Waals surface area (Å²) in [4.78, 5) is 41.5. The number of amides is 2. The summed E-state index contributed by atoms with van der Waals surface area (Å²) in [7, 11) is -0.454. The molecule has 512 valence electrons. The highest BCUT2D eigenvalue weighted by Crippen LogP contribution is 2.54. The van der Waals surface area contributed by atoms with Gasteiger partial charge in [0.05, 0.1) is 35.1 Å². The van der Waals surface area contributed by atoms with Crippen molar-refractivity contribution in [3.8, 4) is 11.5 Å². The van der Waals surface area contributed by atoms with Gasteiger partial charge in [-0.1, -0.05) is 61.3 Å².